The molecule has 1 amide bonds. The van der Waals surface area contributed by atoms with Gasteiger partial charge in [-0.2, -0.15) is 0 Å². The van der Waals surface area contributed by atoms with Gasteiger partial charge in [0.15, 0.2) is 0 Å². The van der Waals surface area contributed by atoms with E-state index in [9.17, 15) is 4.79 Å². The Hall–Kier alpha value is -2.43. The zero-order valence-corrected chi connectivity index (χ0v) is 10.8. The van der Waals surface area contributed by atoms with Gasteiger partial charge in [-0.1, -0.05) is 6.07 Å². The van der Waals surface area contributed by atoms with Crippen LogP contribution >= 0.6 is 0 Å². The molecule has 98 valence electrons. The lowest BCUT2D eigenvalue weighted by molar-refractivity contribution is 0.0949. The second-order valence-electron chi connectivity index (χ2n) is 4.01. The number of hydrogen-bond acceptors (Lipinski definition) is 4. The van der Waals surface area contributed by atoms with Crippen molar-refractivity contribution in [3.8, 4) is 0 Å². The molecule has 0 aromatic carbocycles. The van der Waals surface area contributed by atoms with Crippen molar-refractivity contribution in [2.24, 2.45) is 0 Å². The van der Waals surface area contributed by atoms with Gasteiger partial charge in [0.1, 0.15) is 5.69 Å². The second-order valence-corrected chi connectivity index (χ2v) is 4.01. The lowest BCUT2D eigenvalue weighted by Crippen LogP contribution is -2.26. The topological polar surface area (TPSA) is 66.9 Å². The Morgan fingerprint density at radius 3 is 2.74 bits per heavy atom. The number of amides is 1. The van der Waals surface area contributed by atoms with Gasteiger partial charge in [0.25, 0.3) is 5.91 Å². The highest BCUT2D eigenvalue weighted by Crippen LogP contribution is 2.04. The SMILES string of the molecule is CNc1ccc(C(=O)NCCc2ccccn2)nc1. The minimum absolute atomic E-state index is 0.168. The zero-order valence-electron chi connectivity index (χ0n) is 10.8. The summed E-state index contributed by atoms with van der Waals surface area (Å²) in [5.74, 6) is -0.168. The molecule has 5 heteroatoms. The van der Waals surface area contributed by atoms with Gasteiger partial charge >= 0.3 is 0 Å². The third-order valence-electron chi connectivity index (χ3n) is 2.68. The van der Waals surface area contributed by atoms with Crippen LogP contribution in [-0.2, 0) is 6.42 Å². The molecule has 0 unspecified atom stereocenters. The maximum absolute atomic E-state index is 11.8. The summed E-state index contributed by atoms with van der Waals surface area (Å²) in [7, 11) is 1.81. The summed E-state index contributed by atoms with van der Waals surface area (Å²) in [6.07, 6.45) is 4.09. The Balaban J connectivity index is 1.84. The molecule has 5 nitrogen and oxygen atoms in total. The molecule has 0 fully saturated rings. The fraction of sp³-hybridized carbons (Fsp3) is 0.214. The summed E-state index contributed by atoms with van der Waals surface area (Å²) < 4.78 is 0. The van der Waals surface area contributed by atoms with E-state index in [1.165, 1.54) is 0 Å². The first-order valence-corrected chi connectivity index (χ1v) is 6.11. The van der Waals surface area contributed by atoms with E-state index in [2.05, 4.69) is 20.6 Å². The van der Waals surface area contributed by atoms with E-state index in [1.54, 1.807) is 18.5 Å². The molecule has 0 aliphatic carbocycles. The summed E-state index contributed by atoms with van der Waals surface area (Å²) in [6.45, 7) is 0.547. The minimum Gasteiger partial charge on any atom is -0.387 e. The summed E-state index contributed by atoms with van der Waals surface area (Å²) in [5.41, 5.74) is 2.26. The highest BCUT2D eigenvalue weighted by atomic mass is 16.1. The molecule has 2 aromatic rings. The molecule has 2 aromatic heterocycles. The molecule has 0 radical (unpaired) electrons. The maximum atomic E-state index is 11.8. The molecule has 2 rings (SSSR count). The van der Waals surface area contributed by atoms with Crippen molar-refractivity contribution >= 4 is 11.6 Å². The van der Waals surface area contributed by atoms with Gasteiger partial charge in [0, 0.05) is 31.9 Å². The number of pyridine rings is 2. The van der Waals surface area contributed by atoms with Gasteiger partial charge < -0.3 is 10.6 Å². The van der Waals surface area contributed by atoms with Gasteiger partial charge in [-0.3, -0.25) is 9.78 Å². The monoisotopic (exact) mass is 256 g/mol. The van der Waals surface area contributed by atoms with Crippen molar-refractivity contribution < 1.29 is 4.79 Å². The molecule has 2 N–H and O–H groups in total. The van der Waals surface area contributed by atoms with E-state index in [0.717, 1.165) is 11.4 Å². The van der Waals surface area contributed by atoms with Crippen molar-refractivity contribution in [2.75, 3.05) is 18.9 Å². The molecule has 0 saturated heterocycles. The number of nitrogens with one attached hydrogen (secondary N) is 2. The number of anilines is 1. The summed E-state index contributed by atoms with van der Waals surface area (Å²) in [6, 6.07) is 9.26. The predicted molar refractivity (Wildman–Crippen MR) is 74.1 cm³/mol. The molecule has 0 atom stereocenters. The van der Waals surface area contributed by atoms with Gasteiger partial charge in [0.05, 0.1) is 11.9 Å². The third kappa shape index (κ3) is 3.77. The Labute approximate surface area is 112 Å². The van der Waals surface area contributed by atoms with Crippen LogP contribution in [0.15, 0.2) is 42.7 Å². The van der Waals surface area contributed by atoms with Gasteiger partial charge in [-0.05, 0) is 24.3 Å². The highest BCUT2D eigenvalue weighted by molar-refractivity contribution is 5.92. The molecular weight excluding hydrogens is 240 g/mol. The fourth-order valence-corrected chi connectivity index (χ4v) is 1.62. The molecule has 0 saturated carbocycles. The maximum Gasteiger partial charge on any atom is 0.269 e. The van der Waals surface area contributed by atoms with Crippen LogP contribution in [0.1, 0.15) is 16.2 Å². The van der Waals surface area contributed by atoms with E-state index in [1.807, 2.05) is 31.3 Å². The van der Waals surface area contributed by atoms with Gasteiger partial charge in [-0.15, -0.1) is 0 Å². The Morgan fingerprint density at radius 2 is 2.11 bits per heavy atom. The molecule has 0 bridgehead atoms. The Kier molecular flexibility index (Phi) is 4.44. The van der Waals surface area contributed by atoms with Gasteiger partial charge in [0.2, 0.25) is 0 Å². The van der Waals surface area contributed by atoms with E-state index in [4.69, 9.17) is 0 Å². The normalized spacial score (nSPS) is 9.95. The number of nitrogens with zero attached hydrogens (tertiary/aromatic N) is 2. The van der Waals surface area contributed by atoms with Gasteiger partial charge in [-0.25, -0.2) is 4.98 Å². The van der Waals surface area contributed by atoms with Crippen LogP contribution in [0.25, 0.3) is 0 Å². The summed E-state index contributed by atoms with van der Waals surface area (Å²) in [4.78, 5) is 20.1. The molecule has 0 aliphatic heterocycles. The van der Waals surface area contributed by atoms with Crippen molar-refractivity contribution in [3.05, 3.63) is 54.1 Å². The lowest BCUT2D eigenvalue weighted by Gasteiger charge is -2.05. The van der Waals surface area contributed by atoms with Crippen LogP contribution < -0.4 is 10.6 Å². The number of hydrogen-bond donors (Lipinski definition) is 2. The Bertz CT molecular complexity index is 525. The average Bonchev–Trinajstić information content (AvgIpc) is 2.48. The molecule has 19 heavy (non-hydrogen) atoms. The van der Waals surface area contributed by atoms with E-state index < -0.39 is 0 Å². The first-order valence-electron chi connectivity index (χ1n) is 6.11. The van der Waals surface area contributed by atoms with Crippen LogP contribution in [0, 0.1) is 0 Å². The van der Waals surface area contributed by atoms with Crippen molar-refractivity contribution in [3.63, 3.8) is 0 Å². The van der Waals surface area contributed by atoms with E-state index in [0.29, 0.717) is 18.7 Å². The highest BCUT2D eigenvalue weighted by Gasteiger charge is 2.06. The van der Waals surface area contributed by atoms with Crippen LogP contribution in [-0.4, -0.2) is 29.5 Å². The number of carbonyl (C=O) groups excluding carboxylic acids is 1. The van der Waals surface area contributed by atoms with Crippen LogP contribution in [0.4, 0.5) is 5.69 Å². The van der Waals surface area contributed by atoms with Crippen LogP contribution in [0.3, 0.4) is 0 Å². The molecule has 2 heterocycles. The molecular formula is C14H16N4O. The average molecular weight is 256 g/mol. The minimum atomic E-state index is -0.168. The molecule has 0 aliphatic rings. The van der Waals surface area contributed by atoms with Crippen LogP contribution in [0.5, 0.6) is 0 Å². The summed E-state index contributed by atoms with van der Waals surface area (Å²) in [5, 5.41) is 5.78. The number of rotatable bonds is 5. The van der Waals surface area contributed by atoms with Crippen molar-refractivity contribution in [2.45, 2.75) is 6.42 Å². The predicted octanol–water partition coefficient (Wildman–Crippen LogP) is 1.49. The lowest BCUT2D eigenvalue weighted by atomic mass is 10.2. The summed E-state index contributed by atoms with van der Waals surface area (Å²) >= 11 is 0. The number of aromatic nitrogens is 2. The smallest absolute Gasteiger partial charge is 0.269 e. The first-order chi connectivity index (χ1) is 9.29. The largest absolute Gasteiger partial charge is 0.387 e. The third-order valence-corrected chi connectivity index (χ3v) is 2.68. The zero-order chi connectivity index (χ0) is 13.5. The standard InChI is InChI=1S/C14H16N4O/c1-15-12-5-6-13(18-10-12)14(19)17-9-7-11-4-2-3-8-16-11/h2-6,8,10,15H,7,9H2,1H3,(H,17,19). The van der Waals surface area contributed by atoms with E-state index in [-0.39, 0.29) is 5.91 Å². The van der Waals surface area contributed by atoms with Crippen molar-refractivity contribution in [1.82, 2.24) is 15.3 Å². The van der Waals surface area contributed by atoms with Crippen molar-refractivity contribution in [1.29, 1.82) is 0 Å². The first kappa shape index (κ1) is 13.0. The molecule has 0 spiro atoms. The fourth-order valence-electron chi connectivity index (χ4n) is 1.62. The quantitative estimate of drug-likeness (QED) is 0.850. The number of carbonyl (C=O) groups is 1. The van der Waals surface area contributed by atoms with Crippen LogP contribution in [0.2, 0.25) is 0 Å². The Morgan fingerprint density at radius 1 is 1.21 bits per heavy atom. The second kappa shape index (κ2) is 6.49. The van der Waals surface area contributed by atoms with E-state index >= 15 is 0 Å².